The van der Waals surface area contributed by atoms with E-state index in [1.165, 1.54) is 19.9 Å². The van der Waals surface area contributed by atoms with Gasteiger partial charge in [-0.1, -0.05) is 54.2 Å². The Morgan fingerprint density at radius 3 is 2.24 bits per heavy atom. The van der Waals surface area contributed by atoms with Crippen molar-refractivity contribution in [2.24, 2.45) is 0 Å². The molecule has 0 bridgehead atoms. The molecule has 132 valence electrons. The van der Waals surface area contributed by atoms with Crippen molar-refractivity contribution in [3.8, 4) is 11.1 Å². The summed E-state index contributed by atoms with van der Waals surface area (Å²) in [6, 6.07) is 13.3. The Morgan fingerprint density at radius 2 is 1.68 bits per heavy atom. The number of rotatable bonds is 6. The molecule has 0 spiro atoms. The second-order valence-electron chi connectivity index (χ2n) is 5.49. The van der Waals surface area contributed by atoms with Crippen molar-refractivity contribution in [2.75, 3.05) is 0 Å². The number of carboxylic acid groups (broad SMARTS) is 1. The van der Waals surface area contributed by atoms with E-state index in [1.54, 1.807) is 42.5 Å². The molecule has 0 radical (unpaired) electrons. The van der Waals surface area contributed by atoms with Gasteiger partial charge in [-0.2, -0.15) is 0 Å². The van der Waals surface area contributed by atoms with E-state index in [0.29, 0.717) is 16.7 Å². The number of carbonyl (C=O) groups is 2. The Morgan fingerprint density at radius 1 is 1.08 bits per heavy atom. The number of benzene rings is 2. The van der Waals surface area contributed by atoms with Gasteiger partial charge in [0, 0.05) is 12.5 Å². The maximum absolute atomic E-state index is 12.8. The summed E-state index contributed by atoms with van der Waals surface area (Å²) in [5, 5.41) is 8.57. The van der Waals surface area contributed by atoms with E-state index in [2.05, 4.69) is 0 Å². The van der Waals surface area contributed by atoms with Crippen LogP contribution in [0.25, 0.3) is 11.1 Å². The highest BCUT2D eigenvalue weighted by Crippen LogP contribution is 2.33. The van der Waals surface area contributed by atoms with E-state index in [1.807, 2.05) is 0 Å². The second kappa shape index (κ2) is 7.84. The number of carbonyl (C=O) groups excluding carboxylic acids is 1. The minimum absolute atomic E-state index is 0.0908. The molecule has 1 atom stereocenters. The molecule has 0 fully saturated rings. The minimum Gasteiger partial charge on any atom is -0.481 e. The van der Waals surface area contributed by atoms with Crippen LogP contribution in [0.5, 0.6) is 0 Å². The fraction of sp³-hybridized carbons (Fsp3) is 0.222. The number of thioether (sulfide) groups is 1. The van der Waals surface area contributed by atoms with Crippen LogP contribution in [0.4, 0.5) is 0 Å². The standard InChI is InChI=1S/C18H18O5S2/c1-12(19)24-13(2)25(22,23)17-6-4-3-5-16(17)15-9-7-14(8-10-15)11-18(20)21/h3-10,13H,11H2,1-2H3,(H,20,21). The lowest BCUT2D eigenvalue weighted by atomic mass is 10.0. The first-order valence-corrected chi connectivity index (χ1v) is 9.95. The van der Waals surface area contributed by atoms with E-state index in [0.717, 1.165) is 11.8 Å². The molecule has 0 heterocycles. The van der Waals surface area contributed by atoms with E-state index < -0.39 is 20.4 Å². The van der Waals surface area contributed by atoms with Gasteiger partial charge in [0.25, 0.3) is 0 Å². The van der Waals surface area contributed by atoms with Crippen molar-refractivity contribution in [2.45, 2.75) is 29.7 Å². The normalized spacial score (nSPS) is 12.6. The summed E-state index contributed by atoms with van der Waals surface area (Å²) < 4.78 is 24.8. The second-order valence-corrected chi connectivity index (χ2v) is 9.54. The Hall–Kier alpha value is -2.12. The quantitative estimate of drug-likeness (QED) is 0.829. The van der Waals surface area contributed by atoms with Crippen LogP contribution in [0.1, 0.15) is 19.4 Å². The highest BCUT2D eigenvalue weighted by Gasteiger charge is 2.27. The third kappa shape index (κ3) is 4.70. The molecule has 1 unspecified atom stereocenters. The van der Waals surface area contributed by atoms with Crippen LogP contribution in [-0.2, 0) is 25.8 Å². The highest BCUT2D eigenvalue weighted by atomic mass is 32.3. The Labute approximate surface area is 151 Å². The van der Waals surface area contributed by atoms with Gasteiger partial charge in [0.2, 0.25) is 0 Å². The van der Waals surface area contributed by atoms with Gasteiger partial charge in [0.1, 0.15) is 4.58 Å². The first-order chi connectivity index (χ1) is 11.7. The third-order valence-electron chi connectivity index (χ3n) is 3.58. The number of aliphatic carboxylic acids is 1. The smallest absolute Gasteiger partial charge is 0.307 e. The average molecular weight is 378 g/mol. The first-order valence-electron chi connectivity index (χ1n) is 7.53. The minimum atomic E-state index is -3.69. The molecular formula is C18H18O5S2. The molecule has 0 saturated carbocycles. The van der Waals surface area contributed by atoms with Gasteiger partial charge in [-0.05, 0) is 24.1 Å². The lowest BCUT2D eigenvalue weighted by molar-refractivity contribution is -0.136. The van der Waals surface area contributed by atoms with Crippen LogP contribution in [0.2, 0.25) is 0 Å². The summed E-state index contributed by atoms with van der Waals surface area (Å²) in [7, 11) is -3.69. The summed E-state index contributed by atoms with van der Waals surface area (Å²) in [5.74, 6) is -0.925. The molecule has 7 heteroatoms. The molecule has 2 aromatic carbocycles. The van der Waals surface area contributed by atoms with Crippen molar-refractivity contribution < 1.29 is 23.1 Å². The van der Waals surface area contributed by atoms with Crippen molar-refractivity contribution in [1.29, 1.82) is 0 Å². The molecule has 0 aliphatic carbocycles. The monoisotopic (exact) mass is 378 g/mol. The molecule has 0 saturated heterocycles. The molecule has 0 aliphatic rings. The fourth-order valence-corrected chi connectivity index (χ4v) is 5.22. The zero-order chi connectivity index (χ0) is 18.6. The number of sulfone groups is 1. The highest BCUT2D eigenvalue weighted by molar-refractivity contribution is 8.22. The molecule has 2 aromatic rings. The summed E-state index contributed by atoms with van der Waals surface area (Å²) in [6.45, 7) is 2.83. The van der Waals surface area contributed by atoms with E-state index in [4.69, 9.17) is 5.11 Å². The van der Waals surface area contributed by atoms with Gasteiger partial charge in [-0.25, -0.2) is 8.42 Å². The molecule has 25 heavy (non-hydrogen) atoms. The number of carboxylic acids is 1. The van der Waals surface area contributed by atoms with E-state index in [-0.39, 0.29) is 16.4 Å². The summed E-state index contributed by atoms with van der Waals surface area (Å²) in [4.78, 5) is 22.2. The number of hydrogen-bond donors (Lipinski definition) is 1. The van der Waals surface area contributed by atoms with Crippen LogP contribution in [-0.4, -0.2) is 29.2 Å². The zero-order valence-corrected chi connectivity index (χ0v) is 15.4. The molecule has 0 aliphatic heterocycles. The Kier molecular flexibility index (Phi) is 6.02. The van der Waals surface area contributed by atoms with Crippen molar-refractivity contribution in [3.05, 3.63) is 54.1 Å². The summed E-state index contributed by atoms with van der Waals surface area (Å²) >= 11 is 0.777. The Balaban J connectivity index is 2.44. The summed E-state index contributed by atoms with van der Waals surface area (Å²) in [5.41, 5.74) is 1.84. The van der Waals surface area contributed by atoms with Crippen molar-refractivity contribution in [1.82, 2.24) is 0 Å². The van der Waals surface area contributed by atoms with Gasteiger partial charge in [-0.15, -0.1) is 0 Å². The SMILES string of the molecule is CC(=O)SC(C)S(=O)(=O)c1ccccc1-c1ccc(CC(=O)O)cc1. The van der Waals surface area contributed by atoms with E-state index in [9.17, 15) is 18.0 Å². The van der Waals surface area contributed by atoms with Gasteiger partial charge in [-0.3, -0.25) is 9.59 Å². The average Bonchev–Trinajstić information content (AvgIpc) is 2.54. The largest absolute Gasteiger partial charge is 0.481 e. The molecule has 1 N–H and O–H groups in total. The van der Waals surface area contributed by atoms with Crippen LogP contribution >= 0.6 is 11.8 Å². The van der Waals surface area contributed by atoms with Crippen LogP contribution in [0, 0.1) is 0 Å². The van der Waals surface area contributed by atoms with Crippen LogP contribution in [0.3, 0.4) is 0 Å². The lowest BCUT2D eigenvalue weighted by Gasteiger charge is -2.15. The number of hydrogen-bond acceptors (Lipinski definition) is 5. The molecular weight excluding hydrogens is 360 g/mol. The maximum atomic E-state index is 12.8. The van der Waals surface area contributed by atoms with Gasteiger partial charge in [0.15, 0.2) is 15.0 Å². The van der Waals surface area contributed by atoms with Crippen molar-refractivity contribution in [3.63, 3.8) is 0 Å². The van der Waals surface area contributed by atoms with Crippen LogP contribution in [0.15, 0.2) is 53.4 Å². The first kappa shape index (κ1) is 19.2. The molecule has 2 rings (SSSR count). The topological polar surface area (TPSA) is 88.5 Å². The van der Waals surface area contributed by atoms with E-state index >= 15 is 0 Å². The molecule has 0 aromatic heterocycles. The Bertz CT molecular complexity index is 886. The predicted molar refractivity (Wildman–Crippen MR) is 98.1 cm³/mol. The van der Waals surface area contributed by atoms with Gasteiger partial charge in [0.05, 0.1) is 11.3 Å². The van der Waals surface area contributed by atoms with Crippen molar-refractivity contribution >= 4 is 32.7 Å². The van der Waals surface area contributed by atoms with Gasteiger partial charge < -0.3 is 5.11 Å². The zero-order valence-electron chi connectivity index (χ0n) is 13.8. The fourth-order valence-electron chi connectivity index (χ4n) is 2.41. The summed E-state index contributed by atoms with van der Waals surface area (Å²) in [6.07, 6.45) is -0.0908. The van der Waals surface area contributed by atoms with Gasteiger partial charge >= 0.3 is 5.97 Å². The predicted octanol–water partition coefficient (Wildman–Crippen LogP) is 3.38. The molecule has 0 amide bonds. The lowest BCUT2D eigenvalue weighted by Crippen LogP contribution is -2.16. The molecule has 5 nitrogen and oxygen atoms in total. The maximum Gasteiger partial charge on any atom is 0.307 e. The van der Waals surface area contributed by atoms with Crippen LogP contribution < -0.4 is 0 Å². The third-order valence-corrected chi connectivity index (χ3v) is 7.14.